The molecule has 0 aliphatic carbocycles. The van der Waals surface area contributed by atoms with Gasteiger partial charge < -0.3 is 14.5 Å². The topological polar surface area (TPSA) is 49.9 Å². The number of rotatable bonds is 8. The molecule has 5 heteroatoms. The van der Waals surface area contributed by atoms with E-state index in [2.05, 4.69) is 0 Å². The van der Waals surface area contributed by atoms with Crippen molar-refractivity contribution in [2.45, 2.75) is 39.0 Å². The van der Waals surface area contributed by atoms with Crippen LogP contribution in [0.3, 0.4) is 0 Å². The summed E-state index contributed by atoms with van der Waals surface area (Å²) in [6.07, 6.45) is 0.326. The zero-order valence-electron chi connectivity index (χ0n) is 18.3. The zero-order chi connectivity index (χ0) is 22.3. The molecule has 0 radical (unpaired) electrons. The lowest BCUT2D eigenvalue weighted by molar-refractivity contribution is -0.132. The van der Waals surface area contributed by atoms with Crippen LogP contribution in [0.2, 0.25) is 0 Å². The number of amides is 2. The molecular formula is C27H28N2O3. The first-order chi connectivity index (χ1) is 15.7. The minimum Gasteiger partial charge on any atom is -0.478 e. The van der Waals surface area contributed by atoms with Gasteiger partial charge >= 0.3 is 0 Å². The summed E-state index contributed by atoms with van der Waals surface area (Å²) in [5.74, 6) is 0.621. The number of fused-ring (bicyclic) bond motifs is 1. The van der Waals surface area contributed by atoms with Gasteiger partial charge in [0, 0.05) is 26.1 Å². The Labute approximate surface area is 189 Å². The van der Waals surface area contributed by atoms with Gasteiger partial charge in [-0.05, 0) is 29.7 Å². The first-order valence-electron chi connectivity index (χ1n) is 11.1. The maximum absolute atomic E-state index is 13.3. The van der Waals surface area contributed by atoms with E-state index in [9.17, 15) is 9.59 Å². The Hall–Kier alpha value is -3.60. The average molecular weight is 429 g/mol. The highest BCUT2D eigenvalue weighted by Crippen LogP contribution is 2.34. The summed E-state index contributed by atoms with van der Waals surface area (Å²) in [6, 6.07) is 27.5. The summed E-state index contributed by atoms with van der Waals surface area (Å²) in [6.45, 7) is 3.31. The van der Waals surface area contributed by atoms with Gasteiger partial charge in [-0.25, -0.2) is 0 Å². The normalized spacial score (nSPS) is 15.1. The molecule has 0 bridgehead atoms. The highest BCUT2D eigenvalue weighted by atomic mass is 16.5. The third-order valence-corrected chi connectivity index (χ3v) is 5.67. The minimum absolute atomic E-state index is 0.0162. The van der Waals surface area contributed by atoms with Crippen LogP contribution in [0.15, 0.2) is 84.9 Å². The van der Waals surface area contributed by atoms with Crippen molar-refractivity contribution in [1.82, 2.24) is 4.90 Å². The number of ether oxygens (including phenoxy) is 1. The van der Waals surface area contributed by atoms with Crippen molar-refractivity contribution < 1.29 is 14.3 Å². The standard InChI is InChI=1S/C27H28N2O3/c1-2-24-27(31)29(23-15-9-10-16-25(23)32-24)18-17-26(30)28(19-21-11-5-3-6-12-21)20-22-13-7-4-8-14-22/h3-16,24H,2,17-20H2,1H3. The molecule has 1 aliphatic heterocycles. The average Bonchev–Trinajstić information content (AvgIpc) is 2.84. The lowest BCUT2D eigenvalue weighted by Gasteiger charge is -2.34. The summed E-state index contributed by atoms with van der Waals surface area (Å²) < 4.78 is 5.85. The number of carbonyl (C=O) groups excluding carboxylic acids is 2. The fourth-order valence-electron chi connectivity index (χ4n) is 3.97. The van der Waals surface area contributed by atoms with E-state index in [1.54, 1.807) is 4.90 Å². The van der Waals surface area contributed by atoms with Gasteiger partial charge in [0.2, 0.25) is 5.91 Å². The Morgan fingerprint density at radius 1 is 0.875 bits per heavy atom. The van der Waals surface area contributed by atoms with Gasteiger partial charge in [0.1, 0.15) is 5.75 Å². The summed E-state index contributed by atoms with van der Waals surface area (Å²) in [7, 11) is 0. The van der Waals surface area contributed by atoms with E-state index in [4.69, 9.17) is 4.74 Å². The van der Waals surface area contributed by atoms with Crippen LogP contribution >= 0.6 is 0 Å². The molecule has 1 unspecified atom stereocenters. The van der Waals surface area contributed by atoms with E-state index in [0.29, 0.717) is 31.8 Å². The van der Waals surface area contributed by atoms with Gasteiger partial charge in [0.25, 0.3) is 5.91 Å². The number of hydrogen-bond acceptors (Lipinski definition) is 3. The molecule has 0 saturated carbocycles. The monoisotopic (exact) mass is 428 g/mol. The highest BCUT2D eigenvalue weighted by Gasteiger charge is 2.33. The van der Waals surface area contributed by atoms with Gasteiger partial charge in [0.15, 0.2) is 6.10 Å². The summed E-state index contributed by atoms with van der Waals surface area (Å²) >= 11 is 0. The molecule has 2 amide bonds. The van der Waals surface area contributed by atoms with Gasteiger partial charge in [0.05, 0.1) is 5.69 Å². The van der Waals surface area contributed by atoms with Crippen LogP contribution in [0.5, 0.6) is 5.75 Å². The molecular weight excluding hydrogens is 400 g/mol. The van der Waals surface area contributed by atoms with Crippen LogP contribution in [-0.4, -0.2) is 29.4 Å². The maximum atomic E-state index is 13.3. The Morgan fingerprint density at radius 3 is 2.03 bits per heavy atom. The smallest absolute Gasteiger partial charge is 0.268 e. The van der Waals surface area contributed by atoms with E-state index in [1.807, 2.05) is 96.8 Å². The molecule has 0 aromatic heterocycles. The quantitative estimate of drug-likeness (QED) is 0.517. The molecule has 0 N–H and O–H groups in total. The number of anilines is 1. The molecule has 0 saturated heterocycles. The maximum Gasteiger partial charge on any atom is 0.268 e. The lowest BCUT2D eigenvalue weighted by Crippen LogP contribution is -2.47. The van der Waals surface area contributed by atoms with Crippen LogP contribution < -0.4 is 9.64 Å². The van der Waals surface area contributed by atoms with Gasteiger partial charge in [-0.3, -0.25) is 9.59 Å². The SMILES string of the molecule is CCC1Oc2ccccc2N(CCC(=O)N(Cc2ccccc2)Cc2ccccc2)C1=O. The molecule has 0 spiro atoms. The predicted molar refractivity (Wildman–Crippen MR) is 125 cm³/mol. The zero-order valence-corrected chi connectivity index (χ0v) is 18.3. The van der Waals surface area contributed by atoms with Gasteiger partial charge in [-0.1, -0.05) is 79.7 Å². The van der Waals surface area contributed by atoms with Gasteiger partial charge in [-0.15, -0.1) is 0 Å². The highest BCUT2D eigenvalue weighted by molar-refractivity contribution is 6.00. The molecule has 1 aliphatic rings. The fraction of sp³-hybridized carbons (Fsp3) is 0.259. The van der Waals surface area contributed by atoms with Crippen LogP contribution in [0, 0.1) is 0 Å². The van der Waals surface area contributed by atoms with Crippen molar-refractivity contribution >= 4 is 17.5 Å². The van der Waals surface area contributed by atoms with Crippen LogP contribution in [0.1, 0.15) is 30.9 Å². The Balaban J connectivity index is 1.50. The number of hydrogen-bond donors (Lipinski definition) is 0. The predicted octanol–water partition coefficient (Wildman–Crippen LogP) is 4.81. The van der Waals surface area contributed by atoms with E-state index in [-0.39, 0.29) is 18.2 Å². The van der Waals surface area contributed by atoms with Crippen molar-refractivity contribution in [2.24, 2.45) is 0 Å². The Kier molecular flexibility index (Phi) is 6.85. The van der Waals surface area contributed by atoms with Gasteiger partial charge in [-0.2, -0.15) is 0 Å². The number of benzene rings is 3. The largest absolute Gasteiger partial charge is 0.478 e. The summed E-state index contributed by atoms with van der Waals surface area (Å²) in [5, 5.41) is 0. The molecule has 1 atom stereocenters. The third-order valence-electron chi connectivity index (χ3n) is 5.67. The van der Waals surface area contributed by atoms with E-state index >= 15 is 0 Å². The molecule has 32 heavy (non-hydrogen) atoms. The summed E-state index contributed by atoms with van der Waals surface area (Å²) in [4.78, 5) is 29.8. The second-order valence-electron chi connectivity index (χ2n) is 7.94. The van der Waals surface area contributed by atoms with Crippen molar-refractivity contribution in [1.29, 1.82) is 0 Å². The van der Waals surface area contributed by atoms with E-state index in [0.717, 1.165) is 16.8 Å². The van der Waals surface area contributed by atoms with Crippen LogP contribution in [0.25, 0.3) is 0 Å². The van der Waals surface area contributed by atoms with Crippen molar-refractivity contribution in [3.8, 4) is 5.75 Å². The molecule has 3 aromatic carbocycles. The van der Waals surface area contributed by atoms with Crippen LogP contribution in [0.4, 0.5) is 5.69 Å². The Morgan fingerprint density at radius 2 is 1.44 bits per heavy atom. The minimum atomic E-state index is -0.509. The fourth-order valence-corrected chi connectivity index (χ4v) is 3.97. The van der Waals surface area contributed by atoms with E-state index < -0.39 is 6.10 Å². The number of para-hydroxylation sites is 2. The van der Waals surface area contributed by atoms with Crippen molar-refractivity contribution in [3.63, 3.8) is 0 Å². The summed E-state index contributed by atoms with van der Waals surface area (Å²) in [5.41, 5.74) is 2.89. The molecule has 1 heterocycles. The second-order valence-corrected chi connectivity index (χ2v) is 7.94. The van der Waals surface area contributed by atoms with E-state index in [1.165, 1.54) is 0 Å². The number of nitrogens with zero attached hydrogens (tertiary/aromatic N) is 2. The Bertz CT molecular complexity index is 1010. The lowest BCUT2D eigenvalue weighted by atomic mass is 10.1. The van der Waals surface area contributed by atoms with Crippen molar-refractivity contribution in [2.75, 3.05) is 11.4 Å². The molecule has 3 aromatic rings. The molecule has 4 rings (SSSR count). The second kappa shape index (κ2) is 10.1. The van der Waals surface area contributed by atoms with Crippen LogP contribution in [-0.2, 0) is 22.7 Å². The third kappa shape index (κ3) is 4.99. The molecule has 5 nitrogen and oxygen atoms in total. The number of carbonyl (C=O) groups is 2. The first-order valence-corrected chi connectivity index (χ1v) is 11.1. The first kappa shape index (κ1) is 21.6. The molecule has 0 fully saturated rings. The molecule has 164 valence electrons. The van der Waals surface area contributed by atoms with Crippen molar-refractivity contribution in [3.05, 3.63) is 96.1 Å².